The minimum atomic E-state index is 0.716. The second kappa shape index (κ2) is 19.4. The van der Waals surface area contributed by atoms with Crippen LogP contribution < -0.4 is 44.0 Å². The quantitative estimate of drug-likeness (QED) is 0.117. The van der Waals surface area contributed by atoms with Gasteiger partial charge in [-0.1, -0.05) is 93.1 Å². The van der Waals surface area contributed by atoms with Crippen LogP contribution in [0.15, 0.2) is 54.6 Å². The topological polar surface area (TPSA) is 55.4 Å². The van der Waals surface area contributed by atoms with Gasteiger partial charge in [0.25, 0.3) is 0 Å². The van der Waals surface area contributed by atoms with E-state index in [1.165, 1.54) is 72.2 Å². The standard InChI is InChI=1S/C34H46O6Si3/c1-35-26-16-7-19-29(32(26)38-4)41-22-10-13-25(14-11-23-42-30-20-8-17-27(36-2)33(30)39-5)15-12-24-43-31-21-9-18-28(37-3)34(31)40-6/h7-9,16-21,25H,10-15,22-24H2,1-6H3. The molecule has 3 aromatic carbocycles. The maximum Gasteiger partial charge on any atom is 0.160 e. The van der Waals surface area contributed by atoms with E-state index in [4.69, 9.17) is 28.4 Å². The summed E-state index contributed by atoms with van der Waals surface area (Å²) in [5, 5.41) is 3.75. The van der Waals surface area contributed by atoms with Crippen LogP contribution in [0.5, 0.6) is 34.5 Å². The van der Waals surface area contributed by atoms with Gasteiger partial charge in [-0.3, -0.25) is 0 Å². The summed E-state index contributed by atoms with van der Waals surface area (Å²) in [5.41, 5.74) is 0. The minimum Gasteiger partial charge on any atom is -0.493 e. The Morgan fingerprint density at radius 2 is 0.744 bits per heavy atom. The Morgan fingerprint density at radius 1 is 0.442 bits per heavy atom. The average Bonchev–Trinajstić information content (AvgIpc) is 3.05. The Kier molecular flexibility index (Phi) is 15.6. The van der Waals surface area contributed by atoms with Gasteiger partial charge in [0.05, 0.1) is 71.2 Å². The molecule has 0 saturated carbocycles. The number of rotatable bonds is 21. The van der Waals surface area contributed by atoms with Gasteiger partial charge in [0.2, 0.25) is 0 Å². The summed E-state index contributed by atoms with van der Waals surface area (Å²) in [6, 6.07) is 22.1. The molecule has 0 aliphatic rings. The van der Waals surface area contributed by atoms with Crippen LogP contribution in [0.1, 0.15) is 38.5 Å². The molecule has 230 valence electrons. The fraction of sp³-hybridized carbons (Fsp3) is 0.471. The first-order valence-electron chi connectivity index (χ1n) is 14.9. The van der Waals surface area contributed by atoms with E-state index >= 15 is 0 Å². The summed E-state index contributed by atoms with van der Waals surface area (Å²) in [6.07, 6.45) is 7.45. The van der Waals surface area contributed by atoms with Crippen molar-refractivity contribution in [2.75, 3.05) is 42.7 Å². The van der Waals surface area contributed by atoms with Crippen LogP contribution in [0.2, 0.25) is 18.1 Å². The fourth-order valence-corrected chi connectivity index (χ4v) is 9.10. The van der Waals surface area contributed by atoms with Gasteiger partial charge in [0, 0.05) is 0 Å². The molecule has 0 atom stereocenters. The molecular weight excluding hydrogens is 589 g/mol. The number of ether oxygens (including phenoxy) is 6. The van der Waals surface area contributed by atoms with Gasteiger partial charge in [-0.2, -0.15) is 0 Å². The Hall–Kier alpha value is -2.89. The molecule has 0 fully saturated rings. The van der Waals surface area contributed by atoms with Gasteiger partial charge in [-0.25, -0.2) is 0 Å². The van der Waals surface area contributed by atoms with E-state index in [0.29, 0.717) is 28.6 Å². The molecule has 0 aliphatic carbocycles. The molecule has 0 bridgehead atoms. The first-order valence-corrected chi connectivity index (χ1v) is 18.6. The fourth-order valence-electron chi connectivity index (χ4n) is 5.35. The van der Waals surface area contributed by atoms with Crippen molar-refractivity contribution in [1.29, 1.82) is 0 Å². The van der Waals surface area contributed by atoms with E-state index in [0.717, 1.165) is 40.4 Å². The lowest BCUT2D eigenvalue weighted by atomic mass is 9.94. The third kappa shape index (κ3) is 10.4. The van der Waals surface area contributed by atoms with Crippen LogP contribution in [0.25, 0.3) is 0 Å². The molecule has 3 aromatic rings. The largest absolute Gasteiger partial charge is 0.493 e. The smallest absolute Gasteiger partial charge is 0.160 e. The maximum absolute atomic E-state index is 5.66. The highest BCUT2D eigenvalue weighted by Gasteiger charge is 2.15. The van der Waals surface area contributed by atoms with Crippen LogP contribution >= 0.6 is 0 Å². The van der Waals surface area contributed by atoms with Crippen molar-refractivity contribution in [2.45, 2.75) is 56.7 Å². The predicted molar refractivity (Wildman–Crippen MR) is 180 cm³/mol. The number of para-hydroxylation sites is 3. The lowest BCUT2D eigenvalue weighted by molar-refractivity contribution is 0.357. The average molecular weight is 635 g/mol. The van der Waals surface area contributed by atoms with Gasteiger partial charge >= 0.3 is 0 Å². The third-order valence-corrected chi connectivity index (χ3v) is 11.7. The van der Waals surface area contributed by atoms with Crippen molar-refractivity contribution in [1.82, 2.24) is 0 Å². The Morgan fingerprint density at radius 3 is 1.00 bits per heavy atom. The van der Waals surface area contributed by atoms with Crippen molar-refractivity contribution >= 4 is 44.1 Å². The Balaban J connectivity index is 1.54. The molecule has 0 heterocycles. The zero-order chi connectivity index (χ0) is 30.9. The molecule has 0 amide bonds. The second-order valence-electron chi connectivity index (χ2n) is 10.2. The Labute approximate surface area is 266 Å². The highest BCUT2D eigenvalue weighted by molar-refractivity contribution is 6.55. The molecule has 0 aliphatic heterocycles. The summed E-state index contributed by atoms with van der Waals surface area (Å²) < 4.78 is 33.5. The van der Waals surface area contributed by atoms with Crippen LogP contribution in [-0.2, 0) is 0 Å². The molecular formula is C34H46O6Si3. The number of benzene rings is 3. The lowest BCUT2D eigenvalue weighted by Gasteiger charge is -2.18. The van der Waals surface area contributed by atoms with Crippen molar-refractivity contribution in [2.24, 2.45) is 5.92 Å². The van der Waals surface area contributed by atoms with Crippen LogP contribution in [0.4, 0.5) is 0 Å². The maximum atomic E-state index is 5.66. The minimum absolute atomic E-state index is 0.716. The van der Waals surface area contributed by atoms with E-state index in [9.17, 15) is 0 Å². The van der Waals surface area contributed by atoms with Gasteiger partial charge in [0.1, 0.15) is 0 Å². The van der Waals surface area contributed by atoms with E-state index in [1.807, 2.05) is 18.2 Å². The number of hydrogen-bond donors (Lipinski definition) is 0. The molecule has 6 nitrogen and oxygen atoms in total. The van der Waals surface area contributed by atoms with Crippen LogP contribution in [0, 0.1) is 5.92 Å². The molecule has 0 unspecified atom stereocenters. The lowest BCUT2D eigenvalue weighted by Crippen LogP contribution is -2.18. The van der Waals surface area contributed by atoms with Gasteiger partial charge < -0.3 is 28.4 Å². The Bertz CT molecular complexity index is 1090. The SMILES string of the molecule is COc1cccc([Si]CCCC(CCC[Si]c2cccc(OC)c2OC)CCC[Si]c2cccc(OC)c2OC)c1OC. The highest BCUT2D eigenvalue weighted by atomic mass is 28.2. The normalized spacial score (nSPS) is 11.0. The van der Waals surface area contributed by atoms with Crippen LogP contribution in [0.3, 0.4) is 0 Å². The van der Waals surface area contributed by atoms with Gasteiger partial charge in [-0.15, -0.1) is 0 Å². The van der Waals surface area contributed by atoms with Crippen molar-refractivity contribution < 1.29 is 28.4 Å². The van der Waals surface area contributed by atoms with Crippen molar-refractivity contribution in [3.05, 3.63) is 54.6 Å². The monoisotopic (exact) mass is 634 g/mol. The molecule has 0 spiro atoms. The molecule has 3 rings (SSSR count). The van der Waals surface area contributed by atoms with E-state index in [-0.39, 0.29) is 0 Å². The molecule has 9 heteroatoms. The molecule has 0 aromatic heterocycles. The molecule has 6 radical (unpaired) electrons. The first kappa shape index (κ1) is 34.6. The number of hydrogen-bond acceptors (Lipinski definition) is 6. The summed E-state index contributed by atoms with van der Waals surface area (Å²) in [4.78, 5) is 0. The summed E-state index contributed by atoms with van der Waals surface area (Å²) in [6.45, 7) is 0. The van der Waals surface area contributed by atoms with Crippen molar-refractivity contribution in [3.63, 3.8) is 0 Å². The second-order valence-corrected chi connectivity index (χ2v) is 14.4. The molecule has 0 N–H and O–H groups in total. The molecule has 43 heavy (non-hydrogen) atoms. The molecule has 0 saturated heterocycles. The number of methoxy groups -OCH3 is 6. The van der Waals surface area contributed by atoms with E-state index < -0.39 is 0 Å². The summed E-state index contributed by atoms with van der Waals surface area (Å²) >= 11 is 0. The highest BCUT2D eigenvalue weighted by Crippen LogP contribution is 2.27. The van der Waals surface area contributed by atoms with Gasteiger partial charge in [-0.05, 0) is 39.7 Å². The zero-order valence-corrected chi connectivity index (χ0v) is 29.6. The van der Waals surface area contributed by atoms with E-state index in [2.05, 4.69) is 36.4 Å². The van der Waals surface area contributed by atoms with Crippen LogP contribution in [-0.4, -0.2) is 71.2 Å². The predicted octanol–water partition coefficient (Wildman–Crippen LogP) is 5.34. The van der Waals surface area contributed by atoms with Crippen molar-refractivity contribution in [3.8, 4) is 34.5 Å². The zero-order valence-electron chi connectivity index (χ0n) is 26.6. The van der Waals surface area contributed by atoms with Gasteiger partial charge in [0.15, 0.2) is 34.5 Å². The summed E-state index contributed by atoms with van der Waals surface area (Å²) in [5.74, 6) is 5.80. The first-order chi connectivity index (χ1) is 21.1. The third-order valence-electron chi connectivity index (χ3n) is 7.52. The van der Waals surface area contributed by atoms with E-state index in [1.54, 1.807) is 42.7 Å². The summed E-state index contributed by atoms with van der Waals surface area (Å²) in [7, 11) is 12.4.